The summed E-state index contributed by atoms with van der Waals surface area (Å²) < 4.78 is 0. The molecular formula is C18H21N3O4. The van der Waals surface area contributed by atoms with Gasteiger partial charge in [0, 0.05) is 0 Å². The number of hydrogen-bond donors (Lipinski definition) is 3. The number of carbonyl (C=O) groups is 1. The highest BCUT2D eigenvalue weighted by molar-refractivity contribution is 5.84. The van der Waals surface area contributed by atoms with Crippen molar-refractivity contribution in [1.82, 2.24) is 9.97 Å². The van der Waals surface area contributed by atoms with Gasteiger partial charge in [-0.3, -0.25) is 9.78 Å². The number of nitrogens with one attached hydrogen (secondary N) is 3. The first kappa shape index (κ1) is 17.2. The quantitative estimate of drug-likeness (QED) is 0.611. The largest absolute Gasteiger partial charge is 0.543 e. The van der Waals surface area contributed by atoms with E-state index in [1.165, 1.54) is 5.56 Å². The van der Waals surface area contributed by atoms with Gasteiger partial charge < -0.3 is 19.8 Å². The Morgan fingerprint density at radius 3 is 2.44 bits per heavy atom. The Labute approximate surface area is 144 Å². The number of aromatic carboxylic acids is 1. The molecule has 1 saturated heterocycles. The molecule has 7 heteroatoms. The molecule has 1 aromatic heterocycles. The minimum atomic E-state index is -1.53. The second-order valence-electron chi connectivity index (χ2n) is 6.61. The van der Waals surface area contributed by atoms with Gasteiger partial charge in [-0.15, -0.1) is 0 Å². The zero-order chi connectivity index (χ0) is 17.8. The maximum absolute atomic E-state index is 12.0. The van der Waals surface area contributed by atoms with Gasteiger partial charge >= 0.3 is 5.69 Å². The van der Waals surface area contributed by atoms with Crippen molar-refractivity contribution in [2.45, 2.75) is 25.8 Å². The van der Waals surface area contributed by atoms with Crippen LogP contribution in [0.1, 0.15) is 34.5 Å². The summed E-state index contributed by atoms with van der Waals surface area (Å²) in [5.41, 5.74) is -0.484. The van der Waals surface area contributed by atoms with Gasteiger partial charge in [0.1, 0.15) is 6.54 Å². The topological polar surface area (TPSA) is 110 Å². The number of hydrogen-bond acceptors (Lipinski definition) is 4. The number of carboxylic acid groups (broad SMARTS) is 1. The predicted molar refractivity (Wildman–Crippen MR) is 89.3 cm³/mol. The van der Waals surface area contributed by atoms with E-state index in [-0.39, 0.29) is 12.1 Å². The summed E-state index contributed by atoms with van der Waals surface area (Å²) in [4.78, 5) is 39.8. The lowest BCUT2D eigenvalue weighted by Crippen LogP contribution is -3.12. The van der Waals surface area contributed by atoms with Crippen LogP contribution in [0, 0.1) is 5.92 Å². The lowest BCUT2D eigenvalue weighted by Gasteiger charge is -2.29. The van der Waals surface area contributed by atoms with Crippen molar-refractivity contribution in [3.8, 4) is 0 Å². The molecule has 3 N–H and O–H groups in total. The number of carbonyl (C=O) groups excluding carboxylic acids is 1. The van der Waals surface area contributed by atoms with E-state index in [0.29, 0.717) is 5.92 Å². The molecule has 0 bridgehead atoms. The summed E-state index contributed by atoms with van der Waals surface area (Å²) in [7, 11) is 0. The highest BCUT2D eigenvalue weighted by Crippen LogP contribution is 2.16. The summed E-state index contributed by atoms with van der Waals surface area (Å²) in [6.07, 6.45) is 3.08. The van der Waals surface area contributed by atoms with Crippen molar-refractivity contribution < 1.29 is 14.8 Å². The third-order valence-corrected chi connectivity index (χ3v) is 4.85. The van der Waals surface area contributed by atoms with Crippen LogP contribution in [-0.2, 0) is 13.0 Å². The summed E-state index contributed by atoms with van der Waals surface area (Å²) in [5, 5.41) is 11.2. The zero-order valence-corrected chi connectivity index (χ0v) is 13.8. The van der Waals surface area contributed by atoms with E-state index in [4.69, 9.17) is 0 Å². The number of aromatic nitrogens is 2. The number of aromatic amines is 2. The fourth-order valence-corrected chi connectivity index (χ4v) is 3.52. The molecule has 25 heavy (non-hydrogen) atoms. The summed E-state index contributed by atoms with van der Waals surface area (Å²) in [6.45, 7) is 2.00. The molecule has 1 aliphatic heterocycles. The highest BCUT2D eigenvalue weighted by atomic mass is 16.4. The van der Waals surface area contributed by atoms with Gasteiger partial charge in [0.15, 0.2) is 0 Å². The van der Waals surface area contributed by atoms with Crippen LogP contribution in [0.2, 0.25) is 0 Å². The Hall–Kier alpha value is -2.67. The number of likely N-dealkylation sites (tertiary alicyclic amines) is 1. The van der Waals surface area contributed by atoms with Crippen molar-refractivity contribution in [1.29, 1.82) is 0 Å². The molecule has 1 aromatic carbocycles. The number of rotatable bonds is 5. The van der Waals surface area contributed by atoms with Crippen LogP contribution < -0.4 is 21.3 Å². The van der Waals surface area contributed by atoms with Crippen LogP contribution in [0.5, 0.6) is 0 Å². The standard InChI is InChI=1S/C18H21N3O4/c22-16-14(15(17(23)24)19-18(25)20-16)11-21-8-6-13(7-9-21)10-12-4-2-1-3-5-12/h1-5,13H,6-11H2,(H,23,24)(H2,19,20,22,25). The molecule has 0 aliphatic carbocycles. The molecule has 3 rings (SSSR count). The van der Waals surface area contributed by atoms with E-state index in [1.807, 2.05) is 18.2 Å². The highest BCUT2D eigenvalue weighted by Gasteiger charge is 2.24. The van der Waals surface area contributed by atoms with Crippen molar-refractivity contribution in [3.63, 3.8) is 0 Å². The maximum atomic E-state index is 12.0. The van der Waals surface area contributed by atoms with Crippen LogP contribution in [0.15, 0.2) is 39.9 Å². The minimum absolute atomic E-state index is 0.0797. The Morgan fingerprint density at radius 1 is 1.12 bits per heavy atom. The molecule has 0 saturated carbocycles. The Balaban J connectivity index is 1.64. The molecule has 2 aromatic rings. The number of carboxylic acids is 1. The van der Waals surface area contributed by atoms with Gasteiger partial charge in [0.25, 0.3) is 5.56 Å². The Bertz CT molecular complexity index is 849. The van der Waals surface area contributed by atoms with Gasteiger partial charge in [-0.1, -0.05) is 30.3 Å². The molecular weight excluding hydrogens is 322 g/mol. The smallest absolute Gasteiger partial charge is 0.326 e. The van der Waals surface area contributed by atoms with E-state index >= 15 is 0 Å². The van der Waals surface area contributed by atoms with Crippen LogP contribution in [0.25, 0.3) is 0 Å². The van der Waals surface area contributed by atoms with Crippen LogP contribution in [0.4, 0.5) is 0 Å². The van der Waals surface area contributed by atoms with Crippen molar-refractivity contribution in [3.05, 3.63) is 68.0 Å². The van der Waals surface area contributed by atoms with E-state index in [1.54, 1.807) is 0 Å². The molecule has 0 atom stereocenters. The van der Waals surface area contributed by atoms with Gasteiger partial charge in [-0.25, -0.2) is 4.79 Å². The zero-order valence-electron chi connectivity index (χ0n) is 13.8. The lowest BCUT2D eigenvalue weighted by molar-refractivity contribution is -0.919. The summed E-state index contributed by atoms with van der Waals surface area (Å²) in [5.74, 6) is -0.933. The van der Waals surface area contributed by atoms with Gasteiger partial charge in [0.2, 0.25) is 0 Å². The summed E-state index contributed by atoms with van der Waals surface area (Å²) in [6, 6.07) is 10.3. The minimum Gasteiger partial charge on any atom is -0.543 e. The third kappa shape index (κ3) is 4.24. The molecule has 0 amide bonds. The predicted octanol–water partition coefficient (Wildman–Crippen LogP) is -1.54. The molecule has 0 spiro atoms. The van der Waals surface area contributed by atoms with Crippen molar-refractivity contribution >= 4 is 5.97 Å². The number of benzene rings is 1. The lowest BCUT2D eigenvalue weighted by atomic mass is 9.90. The Morgan fingerprint density at radius 2 is 1.80 bits per heavy atom. The first-order valence-electron chi connectivity index (χ1n) is 8.47. The van der Waals surface area contributed by atoms with E-state index in [2.05, 4.69) is 22.1 Å². The van der Waals surface area contributed by atoms with Crippen LogP contribution in [0.3, 0.4) is 0 Å². The number of quaternary nitrogens is 1. The van der Waals surface area contributed by atoms with E-state index in [0.717, 1.165) is 37.3 Å². The van der Waals surface area contributed by atoms with E-state index in [9.17, 15) is 19.5 Å². The first-order chi connectivity index (χ1) is 12.0. The van der Waals surface area contributed by atoms with Crippen molar-refractivity contribution in [2.24, 2.45) is 5.92 Å². The van der Waals surface area contributed by atoms with Gasteiger partial charge in [-0.2, -0.15) is 0 Å². The Kier molecular flexibility index (Phi) is 5.14. The van der Waals surface area contributed by atoms with Crippen molar-refractivity contribution in [2.75, 3.05) is 13.1 Å². The molecule has 0 radical (unpaired) electrons. The fourth-order valence-electron chi connectivity index (χ4n) is 3.52. The molecule has 1 fully saturated rings. The maximum Gasteiger partial charge on any atom is 0.326 e. The normalized spacial score (nSPS) is 20.3. The monoisotopic (exact) mass is 343 g/mol. The summed E-state index contributed by atoms with van der Waals surface area (Å²) >= 11 is 0. The second kappa shape index (κ2) is 7.48. The molecule has 7 nitrogen and oxygen atoms in total. The first-order valence-corrected chi connectivity index (χ1v) is 8.47. The SMILES string of the molecule is O=C([O-])c1[nH]c(=O)[nH]c(=O)c1C[NH+]1CCC(Cc2ccccc2)CC1. The number of H-pyrrole nitrogens is 2. The van der Waals surface area contributed by atoms with Crippen LogP contribution in [-0.4, -0.2) is 29.0 Å². The fraction of sp³-hybridized carbons (Fsp3) is 0.389. The van der Waals surface area contributed by atoms with Crippen LogP contribution >= 0.6 is 0 Å². The van der Waals surface area contributed by atoms with Gasteiger partial charge in [0.05, 0.1) is 30.3 Å². The third-order valence-electron chi connectivity index (χ3n) is 4.85. The number of piperidine rings is 1. The average molecular weight is 343 g/mol. The molecule has 2 heterocycles. The second-order valence-corrected chi connectivity index (χ2v) is 6.61. The molecule has 132 valence electrons. The van der Waals surface area contributed by atoms with E-state index < -0.39 is 22.9 Å². The van der Waals surface area contributed by atoms with Gasteiger partial charge in [-0.05, 0) is 30.7 Å². The molecule has 0 unspecified atom stereocenters. The average Bonchev–Trinajstić information content (AvgIpc) is 2.59. The molecule has 1 aliphatic rings.